The van der Waals surface area contributed by atoms with Crippen LogP contribution in [0.3, 0.4) is 0 Å². The normalized spacial score (nSPS) is 19.2. The van der Waals surface area contributed by atoms with Crippen LogP contribution in [0.15, 0.2) is 36.7 Å². The lowest BCUT2D eigenvalue weighted by Crippen LogP contribution is -2.43. The molecule has 0 unspecified atom stereocenters. The molecule has 0 amide bonds. The van der Waals surface area contributed by atoms with Crippen molar-refractivity contribution in [1.29, 1.82) is 0 Å². The van der Waals surface area contributed by atoms with Gasteiger partial charge in [-0.25, -0.2) is 14.4 Å². The van der Waals surface area contributed by atoms with Gasteiger partial charge in [-0.2, -0.15) is 0 Å². The van der Waals surface area contributed by atoms with Crippen molar-refractivity contribution in [3.05, 3.63) is 53.6 Å². The van der Waals surface area contributed by atoms with Crippen molar-refractivity contribution < 1.29 is 9.13 Å². The summed E-state index contributed by atoms with van der Waals surface area (Å²) in [4.78, 5) is 13.5. The first kappa shape index (κ1) is 19.7. The molecule has 27 heavy (non-hydrogen) atoms. The van der Waals surface area contributed by atoms with Crippen LogP contribution >= 0.6 is 0 Å². The minimum absolute atomic E-state index is 0.178. The predicted molar refractivity (Wildman–Crippen MR) is 104 cm³/mol. The Morgan fingerprint density at radius 3 is 2.41 bits per heavy atom. The van der Waals surface area contributed by atoms with Crippen molar-refractivity contribution in [2.75, 3.05) is 26.7 Å². The van der Waals surface area contributed by atoms with E-state index in [9.17, 15) is 4.39 Å². The van der Waals surface area contributed by atoms with Crippen LogP contribution in [0.1, 0.15) is 31.4 Å². The highest BCUT2D eigenvalue weighted by atomic mass is 19.1. The molecule has 0 bridgehead atoms. The molecule has 1 aromatic carbocycles. The van der Waals surface area contributed by atoms with Crippen molar-refractivity contribution in [1.82, 2.24) is 19.8 Å². The fourth-order valence-corrected chi connectivity index (χ4v) is 3.72. The first-order chi connectivity index (χ1) is 13.0. The van der Waals surface area contributed by atoms with Crippen LogP contribution in [0, 0.1) is 11.7 Å². The van der Waals surface area contributed by atoms with E-state index in [-0.39, 0.29) is 5.82 Å². The largest absolute Gasteiger partial charge is 0.467 e. The quantitative estimate of drug-likeness (QED) is 0.778. The van der Waals surface area contributed by atoms with Gasteiger partial charge in [0.1, 0.15) is 5.82 Å². The van der Waals surface area contributed by atoms with E-state index in [0.29, 0.717) is 18.0 Å². The van der Waals surface area contributed by atoms with Crippen LogP contribution < -0.4 is 4.74 Å². The maximum atomic E-state index is 13.2. The first-order valence-electron chi connectivity index (χ1n) is 9.61. The molecule has 1 atom stereocenters. The molecule has 1 saturated heterocycles. The van der Waals surface area contributed by atoms with Crippen LogP contribution in [-0.4, -0.2) is 52.6 Å². The molecular weight excluding hydrogens is 343 g/mol. The molecule has 0 radical (unpaired) electrons. The Labute approximate surface area is 161 Å². The molecule has 0 spiro atoms. The molecular formula is C21H29FN4O. The van der Waals surface area contributed by atoms with Crippen LogP contribution in [0.25, 0.3) is 0 Å². The Balaban J connectivity index is 1.67. The van der Waals surface area contributed by atoms with Gasteiger partial charge in [0.25, 0.3) is 0 Å². The molecule has 6 heteroatoms. The third-order valence-corrected chi connectivity index (χ3v) is 5.17. The highest BCUT2D eigenvalue weighted by Gasteiger charge is 2.27. The van der Waals surface area contributed by atoms with Crippen LogP contribution in [0.2, 0.25) is 0 Å². The maximum absolute atomic E-state index is 13.2. The molecule has 0 aliphatic carbocycles. The molecule has 1 fully saturated rings. The van der Waals surface area contributed by atoms with Crippen molar-refractivity contribution in [2.24, 2.45) is 5.92 Å². The molecule has 0 N–H and O–H groups in total. The molecule has 2 aromatic rings. The fourth-order valence-electron chi connectivity index (χ4n) is 3.72. The van der Waals surface area contributed by atoms with E-state index in [1.807, 2.05) is 24.5 Å². The lowest BCUT2D eigenvalue weighted by molar-refractivity contribution is 0.130. The van der Waals surface area contributed by atoms with Gasteiger partial charge in [0.05, 0.1) is 7.11 Å². The topological polar surface area (TPSA) is 41.5 Å². The van der Waals surface area contributed by atoms with Gasteiger partial charge >= 0.3 is 6.01 Å². The van der Waals surface area contributed by atoms with E-state index in [2.05, 4.69) is 33.6 Å². The van der Waals surface area contributed by atoms with Crippen molar-refractivity contribution >= 4 is 0 Å². The second-order valence-electron chi connectivity index (χ2n) is 7.57. The summed E-state index contributed by atoms with van der Waals surface area (Å²) < 4.78 is 18.2. The molecule has 1 aliphatic heterocycles. The number of aromatic nitrogens is 2. The molecule has 5 nitrogen and oxygen atoms in total. The Kier molecular flexibility index (Phi) is 6.74. The first-order valence-corrected chi connectivity index (χ1v) is 9.61. The summed E-state index contributed by atoms with van der Waals surface area (Å²) in [5.41, 5.74) is 2.27. The standard InChI is InChI=1S/C21H29FN4O/c1-16(2)20-15-25(13-18-11-23-21(27-3)24-12-18)9-4-10-26(20)14-17-5-7-19(22)8-6-17/h5-8,11-12,16,20H,4,9-10,13-15H2,1-3H3/t20-/m1/s1. The smallest absolute Gasteiger partial charge is 0.316 e. The second-order valence-corrected chi connectivity index (χ2v) is 7.57. The van der Waals surface area contributed by atoms with Crippen molar-refractivity contribution in [3.63, 3.8) is 0 Å². The van der Waals surface area contributed by atoms with Gasteiger partial charge in [0, 0.05) is 50.2 Å². The van der Waals surface area contributed by atoms with E-state index in [1.165, 1.54) is 5.56 Å². The van der Waals surface area contributed by atoms with Gasteiger partial charge < -0.3 is 4.74 Å². The summed E-state index contributed by atoms with van der Waals surface area (Å²) in [6.45, 7) is 9.38. The highest BCUT2D eigenvalue weighted by molar-refractivity contribution is 5.16. The maximum Gasteiger partial charge on any atom is 0.316 e. The zero-order chi connectivity index (χ0) is 19.2. The van der Waals surface area contributed by atoms with E-state index in [1.54, 1.807) is 19.2 Å². The van der Waals surface area contributed by atoms with Gasteiger partial charge in [0.2, 0.25) is 0 Å². The van der Waals surface area contributed by atoms with Crippen LogP contribution in [0.4, 0.5) is 4.39 Å². The molecule has 0 saturated carbocycles. The molecule has 146 valence electrons. The van der Waals surface area contributed by atoms with Crippen molar-refractivity contribution in [3.8, 4) is 6.01 Å². The van der Waals surface area contributed by atoms with Gasteiger partial charge in [-0.3, -0.25) is 9.80 Å². The van der Waals surface area contributed by atoms with Gasteiger partial charge in [-0.1, -0.05) is 26.0 Å². The third kappa shape index (κ3) is 5.47. The number of nitrogens with zero attached hydrogens (tertiary/aromatic N) is 4. The van der Waals surface area contributed by atoms with E-state index in [0.717, 1.165) is 44.7 Å². The summed E-state index contributed by atoms with van der Waals surface area (Å²) in [6.07, 6.45) is 4.80. The summed E-state index contributed by atoms with van der Waals surface area (Å²) in [7, 11) is 1.58. The SMILES string of the molecule is COc1ncc(CN2CCCN(Cc3ccc(F)cc3)[C@@H](C(C)C)C2)cn1. The Bertz CT molecular complexity index is 705. The lowest BCUT2D eigenvalue weighted by atomic mass is 10.0. The number of methoxy groups -OCH3 is 1. The fraction of sp³-hybridized carbons (Fsp3) is 0.524. The zero-order valence-electron chi connectivity index (χ0n) is 16.4. The minimum atomic E-state index is -0.178. The summed E-state index contributed by atoms with van der Waals surface area (Å²) in [5.74, 6) is 0.362. The number of ether oxygens (including phenoxy) is 1. The Morgan fingerprint density at radius 2 is 1.78 bits per heavy atom. The second kappa shape index (κ2) is 9.24. The number of rotatable bonds is 6. The molecule has 1 aromatic heterocycles. The van der Waals surface area contributed by atoms with Crippen molar-refractivity contribution in [2.45, 2.75) is 39.4 Å². The summed E-state index contributed by atoms with van der Waals surface area (Å²) >= 11 is 0. The van der Waals surface area contributed by atoms with Crippen LogP contribution in [0.5, 0.6) is 6.01 Å². The molecule has 1 aliphatic rings. The number of benzene rings is 1. The van der Waals surface area contributed by atoms with Crippen LogP contribution in [-0.2, 0) is 13.1 Å². The number of hydrogen-bond acceptors (Lipinski definition) is 5. The van der Waals surface area contributed by atoms with E-state index >= 15 is 0 Å². The molecule has 3 rings (SSSR count). The third-order valence-electron chi connectivity index (χ3n) is 5.17. The highest BCUT2D eigenvalue weighted by Crippen LogP contribution is 2.21. The van der Waals surface area contributed by atoms with E-state index < -0.39 is 0 Å². The average Bonchev–Trinajstić information content (AvgIpc) is 2.86. The van der Waals surface area contributed by atoms with E-state index in [4.69, 9.17) is 4.74 Å². The monoisotopic (exact) mass is 372 g/mol. The summed E-state index contributed by atoms with van der Waals surface area (Å²) in [5, 5.41) is 0. The minimum Gasteiger partial charge on any atom is -0.467 e. The predicted octanol–water partition coefficient (Wildman–Crippen LogP) is 3.36. The average molecular weight is 372 g/mol. The Hall–Kier alpha value is -2.05. The van der Waals surface area contributed by atoms with Gasteiger partial charge in [0.15, 0.2) is 0 Å². The van der Waals surface area contributed by atoms with Gasteiger partial charge in [-0.15, -0.1) is 0 Å². The lowest BCUT2D eigenvalue weighted by Gasteiger charge is -2.34. The number of hydrogen-bond donors (Lipinski definition) is 0. The molecule has 2 heterocycles. The van der Waals surface area contributed by atoms with Gasteiger partial charge in [-0.05, 0) is 36.6 Å². The number of halogens is 1. The Morgan fingerprint density at radius 1 is 1.07 bits per heavy atom. The zero-order valence-corrected chi connectivity index (χ0v) is 16.4. The summed E-state index contributed by atoms with van der Waals surface area (Å²) in [6, 6.07) is 7.74.